The molecule has 0 aromatic heterocycles. The Hall–Kier alpha value is -4.45. The van der Waals surface area contributed by atoms with E-state index in [0.717, 1.165) is 30.4 Å². The lowest BCUT2D eigenvalue weighted by Gasteiger charge is -2.29. The Morgan fingerprint density at radius 3 is 2.03 bits per heavy atom. The molecule has 182 valence electrons. The van der Waals surface area contributed by atoms with Crippen LogP contribution >= 0.6 is 0 Å². The second-order valence-corrected chi connectivity index (χ2v) is 6.99. The van der Waals surface area contributed by atoms with Gasteiger partial charge in [-0.1, -0.05) is 6.07 Å². The number of benzene rings is 2. The SMILES string of the molecule is COc1cc(/C=C/C(=O)O[C@H](C(=O)O)[C@](O)(Cc2ccc(O)c(O)c2)C(=O)O)cc(OC)c1O. The van der Waals surface area contributed by atoms with E-state index in [1.165, 1.54) is 26.4 Å². The molecule has 0 spiro atoms. The van der Waals surface area contributed by atoms with Gasteiger partial charge in [0.2, 0.25) is 17.5 Å². The number of carbonyl (C=O) groups excluding carboxylic acids is 1. The van der Waals surface area contributed by atoms with Crippen LogP contribution in [0.25, 0.3) is 6.08 Å². The van der Waals surface area contributed by atoms with Crippen LogP contribution in [0.4, 0.5) is 0 Å². The fraction of sp³-hybridized carbons (Fsp3) is 0.227. The van der Waals surface area contributed by atoms with Crippen molar-refractivity contribution in [3.05, 3.63) is 47.5 Å². The Balaban J connectivity index is 2.31. The van der Waals surface area contributed by atoms with Crippen molar-refractivity contribution in [2.75, 3.05) is 14.2 Å². The topological polar surface area (TPSA) is 200 Å². The molecule has 0 bridgehead atoms. The molecule has 12 nitrogen and oxygen atoms in total. The van der Waals surface area contributed by atoms with Crippen molar-refractivity contribution in [3.63, 3.8) is 0 Å². The Bertz CT molecular complexity index is 1100. The number of carboxylic acid groups (broad SMARTS) is 2. The van der Waals surface area contributed by atoms with Crippen molar-refractivity contribution >= 4 is 24.0 Å². The number of hydrogen-bond donors (Lipinski definition) is 6. The number of hydrogen-bond acceptors (Lipinski definition) is 10. The van der Waals surface area contributed by atoms with Crippen LogP contribution in [-0.2, 0) is 25.5 Å². The molecule has 2 aromatic rings. The third-order valence-electron chi connectivity index (χ3n) is 4.69. The minimum Gasteiger partial charge on any atom is -0.504 e. The molecule has 34 heavy (non-hydrogen) atoms. The van der Waals surface area contributed by atoms with Gasteiger partial charge in [0.1, 0.15) is 0 Å². The zero-order chi connectivity index (χ0) is 25.6. The maximum atomic E-state index is 12.3. The number of carboxylic acids is 2. The van der Waals surface area contributed by atoms with E-state index in [1.54, 1.807) is 0 Å². The molecule has 0 aliphatic rings. The zero-order valence-electron chi connectivity index (χ0n) is 18.0. The molecule has 0 aliphatic carbocycles. The van der Waals surface area contributed by atoms with E-state index in [-0.39, 0.29) is 28.4 Å². The summed E-state index contributed by atoms with van der Waals surface area (Å²) in [5.41, 5.74) is -2.89. The predicted molar refractivity (Wildman–Crippen MR) is 114 cm³/mol. The van der Waals surface area contributed by atoms with Crippen molar-refractivity contribution in [2.45, 2.75) is 18.1 Å². The number of aliphatic hydroxyl groups is 1. The minimum absolute atomic E-state index is 0.0215. The number of methoxy groups -OCH3 is 2. The summed E-state index contributed by atoms with van der Waals surface area (Å²) >= 11 is 0. The van der Waals surface area contributed by atoms with Crippen LogP contribution in [0.15, 0.2) is 36.4 Å². The Morgan fingerprint density at radius 1 is 0.971 bits per heavy atom. The van der Waals surface area contributed by atoms with Crippen LogP contribution < -0.4 is 9.47 Å². The third-order valence-corrected chi connectivity index (χ3v) is 4.69. The molecule has 0 saturated heterocycles. The normalized spacial score (nSPS) is 13.6. The highest BCUT2D eigenvalue weighted by atomic mass is 16.6. The molecule has 0 unspecified atom stereocenters. The molecular weight excluding hydrogens is 456 g/mol. The predicted octanol–water partition coefficient (Wildman–Crippen LogP) is 0.889. The summed E-state index contributed by atoms with van der Waals surface area (Å²) in [4.78, 5) is 35.7. The number of aliphatic carboxylic acids is 2. The highest BCUT2D eigenvalue weighted by Gasteiger charge is 2.51. The third kappa shape index (κ3) is 5.66. The van der Waals surface area contributed by atoms with Crippen molar-refractivity contribution in [3.8, 4) is 28.7 Å². The molecule has 0 radical (unpaired) electrons. The van der Waals surface area contributed by atoms with Crippen LogP contribution in [0.5, 0.6) is 28.7 Å². The monoisotopic (exact) mass is 478 g/mol. The lowest BCUT2D eigenvalue weighted by atomic mass is 9.88. The van der Waals surface area contributed by atoms with Crippen molar-refractivity contribution < 1.29 is 59.2 Å². The number of ether oxygens (including phenoxy) is 3. The van der Waals surface area contributed by atoms with Gasteiger partial charge in [0, 0.05) is 12.5 Å². The highest BCUT2D eigenvalue weighted by molar-refractivity contribution is 5.93. The van der Waals surface area contributed by atoms with Crippen LogP contribution in [0.1, 0.15) is 11.1 Å². The fourth-order valence-corrected chi connectivity index (χ4v) is 2.95. The second kappa shape index (κ2) is 10.4. The molecule has 2 aromatic carbocycles. The van der Waals surface area contributed by atoms with Gasteiger partial charge in [0.15, 0.2) is 23.0 Å². The van der Waals surface area contributed by atoms with Gasteiger partial charge < -0.3 is 44.8 Å². The van der Waals surface area contributed by atoms with Gasteiger partial charge in [0.25, 0.3) is 0 Å². The van der Waals surface area contributed by atoms with Crippen molar-refractivity contribution in [1.29, 1.82) is 0 Å². The summed E-state index contributed by atoms with van der Waals surface area (Å²) in [7, 11) is 2.57. The van der Waals surface area contributed by atoms with Crippen LogP contribution in [0, 0.1) is 0 Å². The molecule has 2 atom stereocenters. The minimum atomic E-state index is -3.12. The number of phenols is 3. The van der Waals surface area contributed by atoms with E-state index in [4.69, 9.17) is 14.2 Å². The van der Waals surface area contributed by atoms with E-state index < -0.39 is 47.5 Å². The number of esters is 1. The van der Waals surface area contributed by atoms with Crippen LogP contribution in [0.2, 0.25) is 0 Å². The summed E-state index contributed by atoms with van der Waals surface area (Å²) in [6.45, 7) is 0. The fourth-order valence-electron chi connectivity index (χ4n) is 2.95. The summed E-state index contributed by atoms with van der Waals surface area (Å²) in [6.07, 6.45) is -1.49. The molecule has 0 saturated carbocycles. The molecule has 6 N–H and O–H groups in total. The van der Waals surface area contributed by atoms with Gasteiger partial charge in [0.05, 0.1) is 14.2 Å². The van der Waals surface area contributed by atoms with Gasteiger partial charge in [-0.05, 0) is 41.5 Å². The number of phenolic OH excluding ortho intramolecular Hbond substituents is 3. The zero-order valence-corrected chi connectivity index (χ0v) is 18.0. The van der Waals surface area contributed by atoms with Gasteiger partial charge in [-0.25, -0.2) is 14.4 Å². The van der Waals surface area contributed by atoms with E-state index in [9.17, 15) is 45.0 Å². The first kappa shape index (κ1) is 25.8. The Kier molecular flexibility index (Phi) is 7.93. The van der Waals surface area contributed by atoms with Gasteiger partial charge in [-0.3, -0.25) is 0 Å². The number of rotatable bonds is 10. The van der Waals surface area contributed by atoms with Crippen molar-refractivity contribution in [2.24, 2.45) is 0 Å². The van der Waals surface area contributed by atoms with Gasteiger partial charge in [-0.15, -0.1) is 0 Å². The molecule has 2 rings (SSSR count). The highest BCUT2D eigenvalue weighted by Crippen LogP contribution is 2.37. The standard InChI is InChI=1S/C22H22O12/c1-32-15-8-11(9-16(33-2)18(15)26)4-6-17(25)34-19(20(27)28)22(31,21(29)30)10-12-3-5-13(23)14(24)7-12/h3-9,19,23-24,26,31H,10H2,1-2H3,(H,27,28)(H,29,30)/b6-4+/t19-,22-/m1/s1. The molecule has 0 fully saturated rings. The average molecular weight is 478 g/mol. The summed E-state index contributed by atoms with van der Waals surface area (Å²) in [5, 5.41) is 58.5. The van der Waals surface area contributed by atoms with Crippen molar-refractivity contribution in [1.82, 2.24) is 0 Å². The first-order chi connectivity index (χ1) is 15.9. The smallest absolute Gasteiger partial charge is 0.348 e. The first-order valence-electron chi connectivity index (χ1n) is 9.46. The molecule has 0 aliphatic heterocycles. The van der Waals surface area contributed by atoms with Gasteiger partial charge >= 0.3 is 17.9 Å². The molecule has 0 heterocycles. The lowest BCUT2D eigenvalue weighted by molar-refractivity contribution is -0.192. The average Bonchev–Trinajstić information content (AvgIpc) is 2.78. The number of aromatic hydroxyl groups is 3. The largest absolute Gasteiger partial charge is 0.504 e. The molecule has 0 amide bonds. The summed E-state index contributed by atoms with van der Waals surface area (Å²) in [5.74, 6) is -6.64. The first-order valence-corrected chi connectivity index (χ1v) is 9.46. The van der Waals surface area contributed by atoms with E-state index in [0.29, 0.717) is 0 Å². The number of carbonyl (C=O) groups is 3. The Labute approximate surface area is 192 Å². The quantitative estimate of drug-likeness (QED) is 0.160. The Morgan fingerprint density at radius 2 is 1.56 bits per heavy atom. The lowest BCUT2D eigenvalue weighted by Crippen LogP contribution is -2.56. The molecule has 12 heteroatoms. The van der Waals surface area contributed by atoms with E-state index in [1.807, 2.05) is 0 Å². The van der Waals surface area contributed by atoms with E-state index >= 15 is 0 Å². The summed E-state index contributed by atoms with van der Waals surface area (Å²) < 4.78 is 14.7. The van der Waals surface area contributed by atoms with E-state index in [2.05, 4.69) is 0 Å². The van der Waals surface area contributed by atoms with Crippen LogP contribution in [-0.4, -0.2) is 74.5 Å². The second-order valence-electron chi connectivity index (χ2n) is 6.99. The van der Waals surface area contributed by atoms with Gasteiger partial charge in [-0.2, -0.15) is 0 Å². The maximum Gasteiger partial charge on any atom is 0.348 e. The van der Waals surface area contributed by atoms with Crippen LogP contribution in [0.3, 0.4) is 0 Å². The molecular formula is C22H22O12. The maximum absolute atomic E-state index is 12.3. The summed E-state index contributed by atoms with van der Waals surface area (Å²) in [6, 6.07) is 5.75.